The summed E-state index contributed by atoms with van der Waals surface area (Å²) in [4.78, 5) is 25.3. The Labute approximate surface area is 211 Å². The molecule has 0 fully saturated rings. The van der Waals surface area contributed by atoms with Crippen LogP contribution in [0.4, 0.5) is 4.79 Å². The van der Waals surface area contributed by atoms with Crippen molar-refractivity contribution < 1.29 is 23.8 Å². The van der Waals surface area contributed by atoms with Gasteiger partial charge in [0, 0.05) is 5.56 Å². The molecular weight excluding hydrogens is 458 g/mol. The number of hydrogen-bond donors (Lipinski definition) is 2. The Kier molecular flexibility index (Phi) is 9.41. The lowest BCUT2D eigenvalue weighted by molar-refractivity contribution is -0.124. The zero-order valence-electron chi connectivity index (χ0n) is 21.1. The van der Waals surface area contributed by atoms with Crippen LogP contribution in [0.3, 0.4) is 0 Å². The van der Waals surface area contributed by atoms with Crippen molar-refractivity contribution in [2.45, 2.75) is 45.9 Å². The van der Waals surface area contributed by atoms with Crippen LogP contribution in [-0.2, 0) is 20.9 Å². The molecule has 0 heterocycles. The zero-order chi connectivity index (χ0) is 26.0. The number of nitrogens with zero attached hydrogens (tertiary/aromatic N) is 1. The molecule has 1 atom stereocenters. The fraction of sp³-hybridized carbons (Fsp3) is 0.321. The first-order chi connectivity index (χ1) is 17.3. The molecule has 0 aromatic heterocycles. The predicted octanol–water partition coefficient (Wildman–Crippen LogP) is 4.80. The van der Waals surface area contributed by atoms with Crippen LogP contribution in [-0.4, -0.2) is 43.1 Å². The van der Waals surface area contributed by atoms with Crippen molar-refractivity contribution in [3.63, 3.8) is 0 Å². The second kappa shape index (κ2) is 12.7. The number of benzene rings is 3. The highest BCUT2D eigenvalue weighted by atomic mass is 16.6. The zero-order valence-corrected chi connectivity index (χ0v) is 21.1. The minimum absolute atomic E-state index is 0.0616. The van der Waals surface area contributed by atoms with Crippen molar-refractivity contribution in [2.75, 3.05) is 13.2 Å². The van der Waals surface area contributed by atoms with Gasteiger partial charge in [-0.3, -0.25) is 4.79 Å². The van der Waals surface area contributed by atoms with Crippen molar-refractivity contribution in [3.05, 3.63) is 77.9 Å². The number of alkyl carbamates (subject to hydrolysis) is 1. The molecule has 3 aromatic carbocycles. The first-order valence-corrected chi connectivity index (χ1v) is 11.9. The highest BCUT2D eigenvalue weighted by Gasteiger charge is 2.24. The van der Waals surface area contributed by atoms with Crippen LogP contribution >= 0.6 is 0 Å². The van der Waals surface area contributed by atoms with E-state index in [0.717, 1.165) is 21.9 Å². The standard InChI is InChI=1S/C28H33N3O5/c1-5-35-25-16-15-21-13-9-10-14-22(21)23(25)17-29-31-26(32)24(30-27(33)36-28(2,3)4)19-34-18-20-11-7-6-8-12-20/h6-17,24H,5,18-19H2,1-4H3,(H,30,33)(H,31,32)/b29-17-/t24-/m0/s1. The van der Waals surface area contributed by atoms with E-state index in [1.54, 1.807) is 27.0 Å². The molecule has 0 aliphatic heterocycles. The first-order valence-electron chi connectivity index (χ1n) is 11.9. The topological polar surface area (TPSA) is 98.3 Å². The largest absolute Gasteiger partial charge is 0.493 e. The molecule has 190 valence electrons. The molecule has 36 heavy (non-hydrogen) atoms. The van der Waals surface area contributed by atoms with Crippen molar-refractivity contribution in [3.8, 4) is 5.75 Å². The molecule has 0 aliphatic carbocycles. The molecule has 8 nitrogen and oxygen atoms in total. The van der Waals surface area contributed by atoms with Gasteiger partial charge < -0.3 is 19.5 Å². The predicted molar refractivity (Wildman–Crippen MR) is 140 cm³/mol. The van der Waals surface area contributed by atoms with E-state index in [9.17, 15) is 9.59 Å². The van der Waals surface area contributed by atoms with Gasteiger partial charge in [0.2, 0.25) is 0 Å². The highest BCUT2D eigenvalue weighted by Crippen LogP contribution is 2.26. The SMILES string of the molecule is CCOc1ccc2ccccc2c1/C=N\NC(=O)[C@H](COCc1ccccc1)NC(=O)OC(C)(C)C. The second-order valence-corrected chi connectivity index (χ2v) is 9.07. The Balaban J connectivity index is 1.72. The van der Waals surface area contributed by atoms with Gasteiger partial charge in [-0.2, -0.15) is 5.10 Å². The number of fused-ring (bicyclic) bond motifs is 1. The van der Waals surface area contributed by atoms with Gasteiger partial charge in [-0.15, -0.1) is 0 Å². The fourth-order valence-corrected chi connectivity index (χ4v) is 3.43. The van der Waals surface area contributed by atoms with Crippen molar-refractivity contribution in [2.24, 2.45) is 5.10 Å². The summed E-state index contributed by atoms with van der Waals surface area (Å²) in [5.74, 6) is 0.118. The Hall–Kier alpha value is -3.91. The highest BCUT2D eigenvalue weighted by molar-refractivity contribution is 6.02. The average Bonchev–Trinajstić information content (AvgIpc) is 2.84. The van der Waals surface area contributed by atoms with Crippen LogP contribution in [0.5, 0.6) is 5.75 Å². The smallest absolute Gasteiger partial charge is 0.408 e. The third kappa shape index (κ3) is 8.09. The summed E-state index contributed by atoms with van der Waals surface area (Å²) < 4.78 is 16.8. The molecular formula is C28H33N3O5. The lowest BCUT2D eigenvalue weighted by Gasteiger charge is -2.22. The van der Waals surface area contributed by atoms with E-state index in [1.165, 1.54) is 0 Å². The Morgan fingerprint density at radius 1 is 1.00 bits per heavy atom. The number of hydrogen-bond acceptors (Lipinski definition) is 6. The van der Waals surface area contributed by atoms with E-state index in [2.05, 4.69) is 15.8 Å². The van der Waals surface area contributed by atoms with Gasteiger partial charge in [-0.05, 0) is 50.1 Å². The second-order valence-electron chi connectivity index (χ2n) is 9.07. The monoisotopic (exact) mass is 491 g/mol. The lowest BCUT2D eigenvalue weighted by Crippen LogP contribution is -2.49. The molecule has 8 heteroatoms. The number of amides is 2. The number of hydrazone groups is 1. The minimum atomic E-state index is -1.01. The maximum absolute atomic E-state index is 12.9. The molecule has 0 spiro atoms. The average molecular weight is 492 g/mol. The van der Waals surface area contributed by atoms with Crippen LogP contribution in [0.15, 0.2) is 71.8 Å². The fourth-order valence-electron chi connectivity index (χ4n) is 3.43. The summed E-state index contributed by atoms with van der Waals surface area (Å²) in [6, 6.07) is 20.2. The molecule has 0 saturated carbocycles. The Bertz CT molecular complexity index is 1190. The van der Waals surface area contributed by atoms with Crippen LogP contribution in [0.25, 0.3) is 10.8 Å². The number of rotatable bonds is 10. The molecule has 0 unspecified atom stereocenters. The summed E-state index contributed by atoms with van der Waals surface area (Å²) in [6.45, 7) is 7.87. The normalized spacial score (nSPS) is 12.3. The quantitative estimate of drug-likeness (QED) is 0.314. The van der Waals surface area contributed by atoms with Gasteiger partial charge >= 0.3 is 6.09 Å². The van der Waals surface area contributed by atoms with E-state index >= 15 is 0 Å². The van der Waals surface area contributed by atoms with Gasteiger partial charge in [-0.1, -0.05) is 60.7 Å². The molecule has 0 aliphatic rings. The summed E-state index contributed by atoms with van der Waals surface area (Å²) in [5.41, 5.74) is 3.49. The number of nitrogens with one attached hydrogen (secondary N) is 2. The van der Waals surface area contributed by atoms with Crippen molar-refractivity contribution in [1.82, 2.24) is 10.7 Å². The maximum Gasteiger partial charge on any atom is 0.408 e. The van der Waals surface area contributed by atoms with Crippen LogP contribution < -0.4 is 15.5 Å². The van der Waals surface area contributed by atoms with Crippen LogP contribution in [0.1, 0.15) is 38.8 Å². The van der Waals surface area contributed by atoms with Gasteiger partial charge in [0.05, 0.1) is 26.0 Å². The summed E-state index contributed by atoms with van der Waals surface area (Å²) in [6.07, 6.45) is 0.822. The van der Waals surface area contributed by atoms with Gasteiger partial charge in [0.1, 0.15) is 17.4 Å². The number of ether oxygens (including phenoxy) is 3. The van der Waals surface area contributed by atoms with Gasteiger partial charge in [0.15, 0.2) is 0 Å². The number of carbonyl (C=O) groups excluding carboxylic acids is 2. The van der Waals surface area contributed by atoms with E-state index in [4.69, 9.17) is 14.2 Å². The molecule has 0 bridgehead atoms. The van der Waals surface area contributed by atoms with Crippen LogP contribution in [0.2, 0.25) is 0 Å². The minimum Gasteiger partial charge on any atom is -0.493 e. The van der Waals surface area contributed by atoms with E-state index in [1.807, 2.05) is 73.7 Å². The molecule has 3 rings (SSSR count). The molecule has 0 saturated heterocycles. The summed E-state index contributed by atoms with van der Waals surface area (Å²) in [5, 5.41) is 8.69. The Morgan fingerprint density at radius 3 is 2.44 bits per heavy atom. The summed E-state index contributed by atoms with van der Waals surface area (Å²) in [7, 11) is 0. The van der Waals surface area contributed by atoms with Gasteiger partial charge in [0.25, 0.3) is 5.91 Å². The van der Waals surface area contributed by atoms with Crippen molar-refractivity contribution >= 4 is 29.0 Å². The van der Waals surface area contributed by atoms with Gasteiger partial charge in [-0.25, -0.2) is 10.2 Å². The third-order valence-electron chi connectivity index (χ3n) is 5.00. The van der Waals surface area contributed by atoms with E-state index in [0.29, 0.717) is 12.4 Å². The third-order valence-corrected chi connectivity index (χ3v) is 5.00. The summed E-state index contributed by atoms with van der Waals surface area (Å²) >= 11 is 0. The molecule has 2 amide bonds. The van der Waals surface area contributed by atoms with E-state index in [-0.39, 0.29) is 13.2 Å². The Morgan fingerprint density at radius 2 is 1.72 bits per heavy atom. The molecule has 3 aromatic rings. The van der Waals surface area contributed by atoms with Crippen LogP contribution in [0, 0.1) is 0 Å². The van der Waals surface area contributed by atoms with Crippen molar-refractivity contribution in [1.29, 1.82) is 0 Å². The maximum atomic E-state index is 12.9. The first kappa shape index (κ1) is 26.7. The van der Waals surface area contributed by atoms with E-state index < -0.39 is 23.6 Å². The molecule has 2 N–H and O–H groups in total. The lowest BCUT2D eigenvalue weighted by atomic mass is 10.0. The number of carbonyl (C=O) groups is 2. The molecule has 0 radical (unpaired) electrons.